The Bertz CT molecular complexity index is 479. The lowest BCUT2D eigenvalue weighted by atomic mass is 10.1. The third kappa shape index (κ3) is 2.45. The van der Waals surface area contributed by atoms with Crippen molar-refractivity contribution >= 4 is 5.69 Å². The summed E-state index contributed by atoms with van der Waals surface area (Å²) in [5.41, 5.74) is 4.36. The van der Waals surface area contributed by atoms with Gasteiger partial charge in [-0.25, -0.2) is 0 Å². The molecule has 1 unspecified atom stereocenters. The van der Waals surface area contributed by atoms with Crippen LogP contribution in [0.5, 0.6) is 0 Å². The van der Waals surface area contributed by atoms with Gasteiger partial charge in [-0.3, -0.25) is 9.80 Å². The molecule has 1 atom stereocenters. The number of hydrogen-bond acceptors (Lipinski definition) is 3. The van der Waals surface area contributed by atoms with Gasteiger partial charge in [0.25, 0.3) is 0 Å². The maximum Gasteiger partial charge on any atom is 0.0373 e. The van der Waals surface area contributed by atoms with Gasteiger partial charge in [0.15, 0.2) is 0 Å². The molecule has 0 spiro atoms. The normalized spacial score (nSPS) is 26.9. The van der Waals surface area contributed by atoms with Gasteiger partial charge in [-0.05, 0) is 56.0 Å². The van der Waals surface area contributed by atoms with E-state index in [0.29, 0.717) is 0 Å². The molecule has 1 aromatic carbocycles. The molecule has 4 rings (SSSR count). The molecular formula is C17H25N3. The van der Waals surface area contributed by atoms with Gasteiger partial charge in [-0.15, -0.1) is 0 Å². The molecule has 0 aromatic heterocycles. The minimum absolute atomic E-state index is 0.827. The average Bonchev–Trinajstić information content (AvgIpc) is 3.19. The van der Waals surface area contributed by atoms with Crippen molar-refractivity contribution < 1.29 is 0 Å². The highest BCUT2D eigenvalue weighted by atomic mass is 15.3. The Hall–Kier alpha value is -1.06. The van der Waals surface area contributed by atoms with Crippen molar-refractivity contribution in [2.75, 3.05) is 38.0 Å². The van der Waals surface area contributed by atoms with Gasteiger partial charge in [-0.1, -0.05) is 12.1 Å². The molecular weight excluding hydrogens is 246 g/mol. The number of hydrogen-bond donors (Lipinski definition) is 1. The first-order chi connectivity index (χ1) is 9.88. The Morgan fingerprint density at radius 1 is 1.15 bits per heavy atom. The van der Waals surface area contributed by atoms with Crippen molar-refractivity contribution in [3.63, 3.8) is 0 Å². The summed E-state index contributed by atoms with van der Waals surface area (Å²) in [6, 6.07) is 7.82. The highest BCUT2D eigenvalue weighted by Gasteiger charge is 2.29. The van der Waals surface area contributed by atoms with Crippen molar-refractivity contribution in [3.8, 4) is 0 Å². The Morgan fingerprint density at radius 3 is 2.95 bits per heavy atom. The summed E-state index contributed by atoms with van der Waals surface area (Å²) in [5.74, 6) is 0. The molecule has 3 heteroatoms. The van der Waals surface area contributed by atoms with Crippen LogP contribution in [0.15, 0.2) is 18.2 Å². The Kier molecular flexibility index (Phi) is 3.41. The third-order valence-electron chi connectivity index (χ3n) is 5.19. The maximum absolute atomic E-state index is 3.44. The largest absolute Gasteiger partial charge is 0.384 e. The van der Waals surface area contributed by atoms with E-state index >= 15 is 0 Å². The lowest BCUT2D eigenvalue weighted by Crippen LogP contribution is -2.35. The van der Waals surface area contributed by atoms with E-state index in [4.69, 9.17) is 0 Å². The molecule has 20 heavy (non-hydrogen) atoms. The zero-order chi connectivity index (χ0) is 13.4. The van der Waals surface area contributed by atoms with Crippen LogP contribution in [0.4, 0.5) is 5.69 Å². The van der Waals surface area contributed by atoms with Crippen LogP contribution in [-0.2, 0) is 13.0 Å². The Morgan fingerprint density at radius 2 is 2.05 bits per heavy atom. The molecule has 1 aromatic rings. The van der Waals surface area contributed by atoms with E-state index in [1.54, 1.807) is 0 Å². The van der Waals surface area contributed by atoms with Gasteiger partial charge in [0.05, 0.1) is 0 Å². The number of nitrogens with one attached hydrogen (secondary N) is 1. The zero-order valence-electron chi connectivity index (χ0n) is 12.3. The predicted octanol–water partition coefficient (Wildman–Crippen LogP) is 2.32. The molecule has 3 nitrogen and oxygen atoms in total. The summed E-state index contributed by atoms with van der Waals surface area (Å²) in [5, 5.41) is 3.44. The molecule has 0 radical (unpaired) electrons. The van der Waals surface area contributed by atoms with Crippen LogP contribution < -0.4 is 5.32 Å². The van der Waals surface area contributed by atoms with Crippen LogP contribution in [0.1, 0.15) is 30.4 Å². The predicted molar refractivity (Wildman–Crippen MR) is 83.1 cm³/mol. The first kappa shape index (κ1) is 12.7. The van der Waals surface area contributed by atoms with Crippen molar-refractivity contribution in [2.24, 2.45) is 0 Å². The molecule has 3 aliphatic heterocycles. The zero-order valence-corrected chi connectivity index (χ0v) is 12.3. The van der Waals surface area contributed by atoms with Crippen molar-refractivity contribution in [2.45, 2.75) is 38.3 Å². The molecule has 0 aliphatic carbocycles. The van der Waals surface area contributed by atoms with Gasteiger partial charge in [0.2, 0.25) is 0 Å². The molecule has 3 heterocycles. The van der Waals surface area contributed by atoms with Crippen molar-refractivity contribution in [1.29, 1.82) is 0 Å². The fourth-order valence-corrected chi connectivity index (χ4v) is 4.08. The molecule has 0 amide bonds. The summed E-state index contributed by atoms with van der Waals surface area (Å²) in [4.78, 5) is 5.36. The Balaban J connectivity index is 1.37. The summed E-state index contributed by atoms with van der Waals surface area (Å²) >= 11 is 0. The summed E-state index contributed by atoms with van der Waals surface area (Å²) in [6.07, 6.45) is 5.38. The van der Waals surface area contributed by atoms with Crippen molar-refractivity contribution in [3.05, 3.63) is 29.3 Å². The van der Waals surface area contributed by atoms with Crippen LogP contribution in [0.25, 0.3) is 0 Å². The molecule has 0 bridgehead atoms. The first-order valence-corrected chi connectivity index (χ1v) is 8.20. The second-order valence-electron chi connectivity index (χ2n) is 6.59. The lowest BCUT2D eigenvalue weighted by Gasteiger charge is -2.23. The van der Waals surface area contributed by atoms with Gasteiger partial charge >= 0.3 is 0 Å². The van der Waals surface area contributed by atoms with Crippen LogP contribution >= 0.6 is 0 Å². The Labute approximate surface area is 121 Å². The monoisotopic (exact) mass is 271 g/mol. The second-order valence-corrected chi connectivity index (χ2v) is 6.59. The quantitative estimate of drug-likeness (QED) is 0.910. The van der Waals surface area contributed by atoms with E-state index in [1.807, 2.05) is 0 Å². The number of benzene rings is 1. The maximum atomic E-state index is 3.44. The molecule has 2 fully saturated rings. The van der Waals surface area contributed by atoms with Crippen LogP contribution in [0.3, 0.4) is 0 Å². The number of fused-ring (bicyclic) bond motifs is 1. The topological polar surface area (TPSA) is 18.5 Å². The molecule has 3 aliphatic rings. The third-order valence-corrected chi connectivity index (χ3v) is 5.19. The highest BCUT2D eigenvalue weighted by Crippen LogP contribution is 2.25. The fourth-order valence-electron chi connectivity index (χ4n) is 4.08. The van der Waals surface area contributed by atoms with Gasteiger partial charge in [-0.2, -0.15) is 0 Å². The molecule has 108 valence electrons. The van der Waals surface area contributed by atoms with Crippen molar-refractivity contribution in [1.82, 2.24) is 9.80 Å². The van der Waals surface area contributed by atoms with E-state index in [1.165, 1.54) is 68.7 Å². The smallest absolute Gasteiger partial charge is 0.0373 e. The van der Waals surface area contributed by atoms with E-state index in [2.05, 4.69) is 33.3 Å². The number of rotatable bonds is 3. The minimum Gasteiger partial charge on any atom is -0.384 e. The number of nitrogens with zero attached hydrogens (tertiary/aromatic N) is 2. The van der Waals surface area contributed by atoms with Crippen LogP contribution in [0.2, 0.25) is 0 Å². The van der Waals surface area contributed by atoms with E-state index in [9.17, 15) is 0 Å². The molecule has 2 saturated heterocycles. The second kappa shape index (κ2) is 5.38. The van der Waals surface area contributed by atoms with Gasteiger partial charge < -0.3 is 5.32 Å². The molecule has 1 N–H and O–H groups in total. The number of anilines is 1. The molecule has 0 saturated carbocycles. The minimum atomic E-state index is 0.827. The van der Waals surface area contributed by atoms with Crippen LogP contribution in [0, 0.1) is 0 Å². The fraction of sp³-hybridized carbons (Fsp3) is 0.647. The first-order valence-electron chi connectivity index (χ1n) is 8.20. The van der Waals surface area contributed by atoms with Crippen LogP contribution in [-0.4, -0.2) is 48.6 Å². The van der Waals surface area contributed by atoms with E-state index in [0.717, 1.165) is 19.1 Å². The van der Waals surface area contributed by atoms with E-state index in [-0.39, 0.29) is 0 Å². The standard InChI is InChI=1S/C17H25N3/c1-2-9-20(8-1)16-6-10-19(13-16)12-14-3-4-17-15(11-14)5-7-18-17/h3-4,11,16,18H,1-2,5-10,12-13H2. The summed E-state index contributed by atoms with van der Waals surface area (Å²) < 4.78 is 0. The van der Waals surface area contributed by atoms with Gasteiger partial charge in [0.1, 0.15) is 0 Å². The van der Waals surface area contributed by atoms with E-state index < -0.39 is 0 Å². The average molecular weight is 271 g/mol. The lowest BCUT2D eigenvalue weighted by molar-refractivity contribution is 0.230. The highest BCUT2D eigenvalue weighted by molar-refractivity contribution is 5.56. The number of likely N-dealkylation sites (tertiary alicyclic amines) is 2. The summed E-state index contributed by atoms with van der Waals surface area (Å²) in [7, 11) is 0. The van der Waals surface area contributed by atoms with Gasteiger partial charge in [0, 0.05) is 37.9 Å². The SMILES string of the molecule is c1cc2c(cc1CN1CCC(N3CCCC3)C1)CCN2. The summed E-state index contributed by atoms with van der Waals surface area (Å²) in [6.45, 7) is 7.47.